The van der Waals surface area contributed by atoms with Crippen molar-refractivity contribution in [3.8, 4) is 17.2 Å². The van der Waals surface area contributed by atoms with Crippen molar-refractivity contribution < 1.29 is 4.79 Å². The molecule has 1 aromatic heterocycles. The first-order valence-corrected chi connectivity index (χ1v) is 8.55. The Hall–Kier alpha value is -3.39. The summed E-state index contributed by atoms with van der Waals surface area (Å²) in [6.07, 6.45) is 1.78. The lowest BCUT2D eigenvalue weighted by Gasteiger charge is -2.39. The van der Waals surface area contributed by atoms with Crippen LogP contribution in [0, 0.1) is 18.3 Å². The molecule has 0 bridgehead atoms. The molecule has 2 aromatic carbocycles. The van der Waals surface area contributed by atoms with E-state index in [9.17, 15) is 4.79 Å². The second kappa shape index (κ2) is 6.49. The molecular weight excluding hydrogens is 324 g/mol. The normalized spacial score (nSPS) is 13.9. The quantitative estimate of drug-likeness (QED) is 0.792. The number of nitrogens with one attached hydrogen (secondary N) is 1. The fourth-order valence-corrected chi connectivity index (χ4v) is 3.33. The molecule has 1 fully saturated rings. The maximum absolute atomic E-state index is 12.8. The molecule has 3 aromatic rings. The molecule has 0 spiro atoms. The van der Waals surface area contributed by atoms with Crippen molar-refractivity contribution in [2.45, 2.75) is 12.8 Å². The molecule has 5 nitrogen and oxygen atoms in total. The van der Waals surface area contributed by atoms with Crippen LogP contribution in [0.5, 0.6) is 0 Å². The Balaban J connectivity index is 1.46. The topological polar surface area (TPSA) is 72.8 Å². The average Bonchev–Trinajstić information content (AvgIpc) is 3.07. The van der Waals surface area contributed by atoms with Crippen molar-refractivity contribution in [3.05, 3.63) is 77.1 Å². The van der Waals surface area contributed by atoms with E-state index >= 15 is 0 Å². The van der Waals surface area contributed by atoms with Crippen LogP contribution >= 0.6 is 0 Å². The highest BCUT2D eigenvalue weighted by atomic mass is 16.2. The molecule has 1 amide bonds. The summed E-state index contributed by atoms with van der Waals surface area (Å²) in [5, 5.41) is 15.9. The van der Waals surface area contributed by atoms with E-state index in [0.29, 0.717) is 30.1 Å². The van der Waals surface area contributed by atoms with E-state index in [2.05, 4.69) is 16.3 Å². The van der Waals surface area contributed by atoms with Gasteiger partial charge in [-0.2, -0.15) is 10.4 Å². The van der Waals surface area contributed by atoms with Crippen molar-refractivity contribution in [1.29, 1.82) is 5.26 Å². The summed E-state index contributed by atoms with van der Waals surface area (Å²) in [5.74, 6) is 0.392. The number of nitrogens with zero attached hydrogens (tertiary/aromatic N) is 3. The molecule has 26 heavy (non-hydrogen) atoms. The van der Waals surface area contributed by atoms with E-state index in [0.717, 1.165) is 16.8 Å². The van der Waals surface area contributed by atoms with Crippen LogP contribution in [0.3, 0.4) is 0 Å². The first kappa shape index (κ1) is 16.1. The summed E-state index contributed by atoms with van der Waals surface area (Å²) in [6.45, 7) is 3.38. The van der Waals surface area contributed by atoms with Crippen molar-refractivity contribution in [3.63, 3.8) is 0 Å². The Morgan fingerprint density at radius 1 is 1.23 bits per heavy atom. The molecule has 5 heteroatoms. The third-order valence-corrected chi connectivity index (χ3v) is 4.93. The van der Waals surface area contributed by atoms with E-state index in [1.54, 1.807) is 6.20 Å². The SMILES string of the molecule is Cc1[nH]ncc1-c1cccc(C(=O)N2CC(c3ccc(C#N)cc3)C2)c1. The summed E-state index contributed by atoms with van der Waals surface area (Å²) in [5.41, 5.74) is 5.52. The summed E-state index contributed by atoms with van der Waals surface area (Å²) in [4.78, 5) is 14.6. The highest BCUT2D eigenvalue weighted by Crippen LogP contribution is 2.29. The Kier molecular flexibility index (Phi) is 4.02. The number of H-pyrrole nitrogens is 1. The molecule has 1 saturated heterocycles. The number of aromatic amines is 1. The number of likely N-dealkylation sites (tertiary alicyclic amines) is 1. The Labute approximate surface area is 151 Å². The van der Waals surface area contributed by atoms with Crippen LogP contribution in [0.2, 0.25) is 0 Å². The summed E-state index contributed by atoms with van der Waals surface area (Å²) in [7, 11) is 0. The number of hydrogen-bond acceptors (Lipinski definition) is 3. The van der Waals surface area contributed by atoms with Gasteiger partial charge in [-0.1, -0.05) is 24.3 Å². The third kappa shape index (κ3) is 2.86. The minimum absolute atomic E-state index is 0.0536. The molecule has 0 atom stereocenters. The predicted octanol–water partition coefficient (Wildman–Crippen LogP) is 3.50. The molecule has 0 radical (unpaired) electrons. The molecule has 1 aliphatic rings. The van der Waals surface area contributed by atoms with E-state index in [1.165, 1.54) is 5.56 Å². The minimum Gasteiger partial charge on any atom is -0.337 e. The largest absolute Gasteiger partial charge is 0.337 e. The van der Waals surface area contributed by atoms with Crippen LogP contribution in [0.25, 0.3) is 11.1 Å². The van der Waals surface area contributed by atoms with Gasteiger partial charge >= 0.3 is 0 Å². The van der Waals surface area contributed by atoms with Crippen LogP contribution in [0.1, 0.15) is 33.1 Å². The lowest BCUT2D eigenvalue weighted by molar-refractivity contribution is 0.0602. The Morgan fingerprint density at radius 3 is 2.65 bits per heavy atom. The highest BCUT2D eigenvalue weighted by Gasteiger charge is 2.32. The highest BCUT2D eigenvalue weighted by molar-refractivity contribution is 5.96. The molecule has 0 aliphatic carbocycles. The lowest BCUT2D eigenvalue weighted by Crippen LogP contribution is -2.48. The van der Waals surface area contributed by atoms with Crippen molar-refractivity contribution in [2.24, 2.45) is 0 Å². The van der Waals surface area contributed by atoms with E-state index < -0.39 is 0 Å². The number of aromatic nitrogens is 2. The second-order valence-electron chi connectivity index (χ2n) is 6.63. The van der Waals surface area contributed by atoms with Gasteiger partial charge < -0.3 is 4.90 Å². The van der Waals surface area contributed by atoms with Gasteiger partial charge in [-0.3, -0.25) is 9.89 Å². The van der Waals surface area contributed by atoms with Gasteiger partial charge in [0.2, 0.25) is 0 Å². The smallest absolute Gasteiger partial charge is 0.253 e. The summed E-state index contributed by atoms with van der Waals surface area (Å²) in [6, 6.07) is 17.4. The Morgan fingerprint density at radius 2 is 2.00 bits per heavy atom. The fraction of sp³-hybridized carbons (Fsp3) is 0.190. The van der Waals surface area contributed by atoms with Crippen molar-refractivity contribution in [2.75, 3.05) is 13.1 Å². The third-order valence-electron chi connectivity index (χ3n) is 4.93. The minimum atomic E-state index is 0.0536. The number of carbonyl (C=O) groups is 1. The number of nitriles is 1. The van der Waals surface area contributed by atoms with E-state index in [-0.39, 0.29) is 5.91 Å². The second-order valence-corrected chi connectivity index (χ2v) is 6.63. The summed E-state index contributed by atoms with van der Waals surface area (Å²) < 4.78 is 0. The van der Waals surface area contributed by atoms with E-state index in [1.807, 2.05) is 60.4 Å². The number of amides is 1. The first-order chi connectivity index (χ1) is 12.7. The van der Waals surface area contributed by atoms with E-state index in [4.69, 9.17) is 5.26 Å². The molecule has 0 saturated carbocycles. The molecule has 2 heterocycles. The number of aryl methyl sites for hydroxylation is 1. The maximum Gasteiger partial charge on any atom is 0.253 e. The van der Waals surface area contributed by atoms with Gasteiger partial charge in [0.15, 0.2) is 0 Å². The van der Waals surface area contributed by atoms with Gasteiger partial charge in [0.1, 0.15) is 0 Å². The monoisotopic (exact) mass is 342 g/mol. The van der Waals surface area contributed by atoms with Gasteiger partial charge in [0.05, 0.1) is 17.8 Å². The zero-order valence-corrected chi connectivity index (χ0v) is 14.4. The van der Waals surface area contributed by atoms with Crippen molar-refractivity contribution >= 4 is 5.91 Å². The molecule has 0 unspecified atom stereocenters. The maximum atomic E-state index is 12.8. The number of carbonyl (C=O) groups excluding carboxylic acids is 1. The Bertz CT molecular complexity index is 991. The molecule has 4 rings (SSSR count). The van der Waals surface area contributed by atoms with Crippen LogP contribution in [0.4, 0.5) is 0 Å². The van der Waals surface area contributed by atoms with Crippen LogP contribution < -0.4 is 0 Å². The number of hydrogen-bond donors (Lipinski definition) is 1. The molecule has 128 valence electrons. The average molecular weight is 342 g/mol. The zero-order chi connectivity index (χ0) is 18.1. The van der Waals surface area contributed by atoms with Gasteiger partial charge in [-0.05, 0) is 42.3 Å². The summed E-state index contributed by atoms with van der Waals surface area (Å²) >= 11 is 0. The molecular formula is C21H18N4O. The van der Waals surface area contributed by atoms with Gasteiger partial charge in [-0.25, -0.2) is 0 Å². The number of benzene rings is 2. The van der Waals surface area contributed by atoms with Gasteiger partial charge in [0, 0.05) is 35.8 Å². The van der Waals surface area contributed by atoms with Gasteiger partial charge in [-0.15, -0.1) is 0 Å². The fourth-order valence-electron chi connectivity index (χ4n) is 3.33. The number of rotatable bonds is 3. The van der Waals surface area contributed by atoms with Crippen LogP contribution in [-0.4, -0.2) is 34.1 Å². The van der Waals surface area contributed by atoms with Gasteiger partial charge in [0.25, 0.3) is 5.91 Å². The standard InChI is InChI=1S/C21H18N4O/c1-14-20(11-23-24-14)17-3-2-4-18(9-17)21(26)25-12-19(13-25)16-7-5-15(10-22)6-8-16/h2-9,11,19H,12-13H2,1H3,(H,23,24). The van der Waals surface area contributed by atoms with Crippen LogP contribution in [-0.2, 0) is 0 Å². The lowest BCUT2D eigenvalue weighted by atomic mass is 9.90. The zero-order valence-electron chi connectivity index (χ0n) is 14.4. The molecule has 1 aliphatic heterocycles. The first-order valence-electron chi connectivity index (χ1n) is 8.55. The van der Waals surface area contributed by atoms with Crippen LogP contribution in [0.15, 0.2) is 54.7 Å². The van der Waals surface area contributed by atoms with Crippen molar-refractivity contribution in [1.82, 2.24) is 15.1 Å². The predicted molar refractivity (Wildman–Crippen MR) is 98.6 cm³/mol. The molecule has 1 N–H and O–H groups in total.